The van der Waals surface area contributed by atoms with Crippen LogP contribution in [0.1, 0.15) is 0 Å². The van der Waals surface area contributed by atoms with E-state index in [0.29, 0.717) is 0 Å². The third-order valence-corrected chi connectivity index (χ3v) is 2.15. The Hall–Kier alpha value is -1.83. The molecule has 0 saturated carbocycles. The number of hydrogen-bond acceptors (Lipinski definition) is 3. The number of amides is 1. The molecule has 0 aliphatic rings. The zero-order valence-electron chi connectivity index (χ0n) is 10.1. The number of nitrogens with two attached hydrogens (primary N) is 1. The lowest BCUT2D eigenvalue weighted by atomic mass is 10.2. The summed E-state index contributed by atoms with van der Waals surface area (Å²) in [6, 6.07) is 3.34. The number of benzene rings is 1. The maximum absolute atomic E-state index is 12.8. The number of anilines is 2. The fraction of sp³-hybridized carbons (Fsp3) is 0.364. The summed E-state index contributed by atoms with van der Waals surface area (Å²) in [7, 11) is 1.17. The van der Waals surface area contributed by atoms with Crippen molar-refractivity contribution in [3.8, 4) is 0 Å². The van der Waals surface area contributed by atoms with E-state index in [2.05, 4.69) is 5.32 Å². The smallest absolute Gasteiger partial charge is 0.397 e. The van der Waals surface area contributed by atoms with E-state index in [1.54, 1.807) is 0 Å². The van der Waals surface area contributed by atoms with Crippen LogP contribution in [0.2, 0.25) is 0 Å². The van der Waals surface area contributed by atoms with Crippen molar-refractivity contribution < 1.29 is 22.4 Å². The van der Waals surface area contributed by atoms with Gasteiger partial charge >= 0.3 is 6.18 Å². The van der Waals surface area contributed by atoms with Gasteiger partial charge in [0.15, 0.2) is 0 Å². The third-order valence-electron chi connectivity index (χ3n) is 2.15. The molecule has 0 spiro atoms. The van der Waals surface area contributed by atoms with Gasteiger partial charge in [0.05, 0.1) is 24.5 Å². The molecule has 0 fully saturated rings. The van der Waals surface area contributed by atoms with E-state index in [9.17, 15) is 22.4 Å². The van der Waals surface area contributed by atoms with E-state index in [1.807, 2.05) is 0 Å². The Morgan fingerprint density at radius 1 is 1.42 bits per heavy atom. The highest BCUT2D eigenvalue weighted by Gasteiger charge is 2.29. The fourth-order valence-corrected chi connectivity index (χ4v) is 1.44. The van der Waals surface area contributed by atoms with Crippen LogP contribution in [0.15, 0.2) is 18.2 Å². The van der Waals surface area contributed by atoms with Crippen molar-refractivity contribution in [1.29, 1.82) is 0 Å². The minimum absolute atomic E-state index is 0.00632. The molecule has 0 heterocycles. The van der Waals surface area contributed by atoms with Crippen molar-refractivity contribution >= 4 is 17.3 Å². The second-order valence-corrected chi connectivity index (χ2v) is 4.07. The first-order valence-electron chi connectivity index (χ1n) is 5.27. The molecule has 106 valence electrons. The molecule has 1 aromatic carbocycles. The maximum Gasteiger partial charge on any atom is 0.401 e. The molecule has 0 bridgehead atoms. The van der Waals surface area contributed by atoms with Crippen molar-refractivity contribution in [2.75, 3.05) is 31.2 Å². The summed E-state index contributed by atoms with van der Waals surface area (Å²) in [6.45, 7) is -1.64. The number of nitrogens with one attached hydrogen (secondary N) is 1. The number of rotatable bonds is 4. The van der Waals surface area contributed by atoms with E-state index in [-0.39, 0.29) is 11.4 Å². The van der Waals surface area contributed by atoms with Crippen LogP contribution in [0.4, 0.5) is 28.9 Å². The van der Waals surface area contributed by atoms with Gasteiger partial charge in [0.1, 0.15) is 5.82 Å². The lowest BCUT2D eigenvalue weighted by molar-refractivity contribution is -0.145. The maximum atomic E-state index is 12.8. The van der Waals surface area contributed by atoms with Gasteiger partial charge in [-0.25, -0.2) is 4.39 Å². The van der Waals surface area contributed by atoms with Gasteiger partial charge in [-0.3, -0.25) is 9.69 Å². The molecule has 4 nitrogen and oxygen atoms in total. The van der Waals surface area contributed by atoms with Gasteiger partial charge in [-0.1, -0.05) is 0 Å². The van der Waals surface area contributed by atoms with Crippen LogP contribution in [0, 0.1) is 5.82 Å². The molecule has 1 aromatic rings. The van der Waals surface area contributed by atoms with Gasteiger partial charge in [-0.15, -0.1) is 0 Å². The summed E-state index contributed by atoms with van der Waals surface area (Å²) in [6.07, 6.45) is -4.37. The van der Waals surface area contributed by atoms with Gasteiger partial charge in [0.2, 0.25) is 5.91 Å². The predicted molar refractivity (Wildman–Crippen MR) is 63.0 cm³/mol. The molecule has 19 heavy (non-hydrogen) atoms. The van der Waals surface area contributed by atoms with Crippen LogP contribution in [0.5, 0.6) is 0 Å². The summed E-state index contributed by atoms with van der Waals surface area (Å²) >= 11 is 0. The third kappa shape index (κ3) is 5.56. The molecule has 3 N–H and O–H groups in total. The Balaban J connectivity index is 2.56. The van der Waals surface area contributed by atoms with E-state index in [0.717, 1.165) is 17.0 Å². The van der Waals surface area contributed by atoms with Crippen molar-refractivity contribution in [3.63, 3.8) is 0 Å². The Morgan fingerprint density at radius 3 is 2.58 bits per heavy atom. The molecule has 0 atom stereocenters. The molecule has 0 unspecified atom stereocenters. The molecule has 0 radical (unpaired) electrons. The molecule has 0 aliphatic heterocycles. The predicted octanol–water partition coefficient (Wildman–Crippen LogP) is 1.84. The Labute approximate surface area is 107 Å². The Morgan fingerprint density at radius 2 is 2.05 bits per heavy atom. The minimum Gasteiger partial charge on any atom is -0.397 e. The van der Waals surface area contributed by atoms with Gasteiger partial charge in [0.25, 0.3) is 0 Å². The number of hydrogen-bond donors (Lipinski definition) is 2. The molecule has 1 rings (SSSR count). The first-order valence-corrected chi connectivity index (χ1v) is 5.27. The zero-order valence-corrected chi connectivity index (χ0v) is 10.1. The quantitative estimate of drug-likeness (QED) is 0.653. The van der Waals surface area contributed by atoms with Crippen molar-refractivity contribution in [2.24, 2.45) is 0 Å². The van der Waals surface area contributed by atoms with E-state index >= 15 is 0 Å². The van der Waals surface area contributed by atoms with Gasteiger partial charge in [-0.05, 0) is 25.2 Å². The monoisotopic (exact) mass is 279 g/mol. The van der Waals surface area contributed by atoms with Crippen LogP contribution in [-0.4, -0.2) is 37.1 Å². The molecule has 0 aliphatic carbocycles. The van der Waals surface area contributed by atoms with E-state index in [4.69, 9.17) is 5.73 Å². The number of nitrogen functional groups attached to an aromatic ring is 1. The number of alkyl halides is 3. The van der Waals surface area contributed by atoms with Crippen LogP contribution < -0.4 is 11.1 Å². The summed E-state index contributed by atoms with van der Waals surface area (Å²) < 4.78 is 48.9. The topological polar surface area (TPSA) is 58.4 Å². The number of halogens is 4. The average molecular weight is 279 g/mol. The molecule has 0 saturated heterocycles. The molecular formula is C11H13F4N3O. The highest BCUT2D eigenvalue weighted by Crippen LogP contribution is 2.19. The number of carbonyl (C=O) groups excluding carboxylic acids is 1. The fourth-order valence-electron chi connectivity index (χ4n) is 1.44. The summed E-state index contributed by atoms with van der Waals surface area (Å²) in [5.74, 6) is -1.23. The number of likely N-dealkylation sites (N-methyl/N-ethyl adjacent to an activating group) is 1. The largest absolute Gasteiger partial charge is 0.401 e. The standard InChI is InChI=1S/C11H13F4N3O/c1-18(6-11(13,14)15)5-10(19)17-9-3-2-7(12)4-8(9)16/h2-4H,5-6,16H2,1H3,(H,17,19). The summed E-state index contributed by atoms with van der Waals surface area (Å²) in [4.78, 5) is 12.3. The molecular weight excluding hydrogens is 266 g/mol. The zero-order chi connectivity index (χ0) is 14.6. The lowest BCUT2D eigenvalue weighted by Gasteiger charge is -2.18. The van der Waals surface area contributed by atoms with Gasteiger partial charge < -0.3 is 11.1 Å². The van der Waals surface area contributed by atoms with E-state index in [1.165, 1.54) is 13.1 Å². The van der Waals surface area contributed by atoms with Crippen molar-refractivity contribution in [1.82, 2.24) is 4.90 Å². The van der Waals surface area contributed by atoms with E-state index < -0.39 is 31.0 Å². The highest BCUT2D eigenvalue weighted by molar-refractivity contribution is 5.95. The Bertz CT molecular complexity index is 462. The normalized spacial score (nSPS) is 11.7. The highest BCUT2D eigenvalue weighted by atomic mass is 19.4. The number of carbonyl (C=O) groups is 1. The average Bonchev–Trinajstić information content (AvgIpc) is 2.19. The first kappa shape index (κ1) is 15.2. The first-order chi connectivity index (χ1) is 8.67. The molecule has 0 aromatic heterocycles. The molecule has 1 amide bonds. The van der Waals surface area contributed by atoms with Crippen LogP contribution in [-0.2, 0) is 4.79 Å². The van der Waals surface area contributed by atoms with Gasteiger partial charge in [-0.2, -0.15) is 13.2 Å². The lowest BCUT2D eigenvalue weighted by Crippen LogP contribution is -2.36. The summed E-state index contributed by atoms with van der Waals surface area (Å²) in [5.41, 5.74) is 5.62. The van der Waals surface area contributed by atoms with Crippen LogP contribution >= 0.6 is 0 Å². The second kappa shape index (κ2) is 5.87. The second-order valence-electron chi connectivity index (χ2n) is 4.07. The van der Waals surface area contributed by atoms with Crippen molar-refractivity contribution in [3.05, 3.63) is 24.0 Å². The molecule has 8 heteroatoms. The van der Waals surface area contributed by atoms with Gasteiger partial charge in [0, 0.05) is 0 Å². The minimum atomic E-state index is -4.37. The summed E-state index contributed by atoms with van der Waals surface area (Å²) in [5, 5.41) is 2.31. The van der Waals surface area contributed by atoms with Crippen LogP contribution in [0.25, 0.3) is 0 Å². The van der Waals surface area contributed by atoms with Crippen molar-refractivity contribution in [2.45, 2.75) is 6.18 Å². The Kier molecular flexibility index (Phi) is 4.71. The van der Waals surface area contributed by atoms with Crippen LogP contribution in [0.3, 0.4) is 0 Å². The number of nitrogens with zero attached hydrogens (tertiary/aromatic N) is 1. The SMILES string of the molecule is CN(CC(=O)Nc1ccc(F)cc1N)CC(F)(F)F.